The van der Waals surface area contributed by atoms with Crippen LogP contribution in [-0.2, 0) is 21.2 Å². The number of thiophene rings is 1. The molecule has 0 aliphatic carbocycles. The zero-order chi connectivity index (χ0) is 18.9. The first-order valence-corrected chi connectivity index (χ1v) is 11.1. The maximum Gasteiger partial charge on any atom is 0.253 e. The smallest absolute Gasteiger partial charge is 0.253 e. The van der Waals surface area contributed by atoms with Gasteiger partial charge in [0.15, 0.2) is 0 Å². The molecule has 1 atom stereocenters. The highest BCUT2D eigenvalue weighted by molar-refractivity contribution is 7.91. The summed E-state index contributed by atoms with van der Waals surface area (Å²) < 4.78 is 28.0. The summed E-state index contributed by atoms with van der Waals surface area (Å²) in [5, 5.41) is 2.80. The summed E-state index contributed by atoms with van der Waals surface area (Å²) in [6, 6.07) is 10.3. The van der Waals surface area contributed by atoms with Crippen molar-refractivity contribution < 1.29 is 13.2 Å². The third kappa shape index (κ3) is 3.56. The van der Waals surface area contributed by atoms with Crippen LogP contribution in [0.15, 0.2) is 40.6 Å². The van der Waals surface area contributed by atoms with Crippen molar-refractivity contribution in [1.29, 1.82) is 0 Å². The Kier molecular flexibility index (Phi) is 5.50. The number of aryl methyl sites for hydroxylation is 1. The number of amides is 1. The Balaban J connectivity index is 1.99. The molecule has 1 saturated heterocycles. The maximum absolute atomic E-state index is 13.2. The van der Waals surface area contributed by atoms with Gasteiger partial charge in [0.25, 0.3) is 10.0 Å². The van der Waals surface area contributed by atoms with Crippen molar-refractivity contribution in [2.24, 2.45) is 0 Å². The number of carbonyl (C=O) groups is 1. The van der Waals surface area contributed by atoms with E-state index in [2.05, 4.69) is 19.2 Å². The predicted molar refractivity (Wildman–Crippen MR) is 104 cm³/mol. The molecule has 3 rings (SSSR count). The molecule has 0 saturated carbocycles. The summed E-state index contributed by atoms with van der Waals surface area (Å²) >= 11 is 1.28. The van der Waals surface area contributed by atoms with Crippen molar-refractivity contribution in [2.75, 3.05) is 13.1 Å². The first-order chi connectivity index (χ1) is 12.3. The number of carbonyl (C=O) groups excluding carboxylic acids is 1. The standard InChI is InChI=1S/C19H24N2O3S2/c1-4-16-9-10-17(25-16)26(23,24)21-12-11-20-19(22)18(21)15-7-5-14(6-8-15)13(2)3/h5-10,13,18H,4,11-12H2,1-3H3,(H,20,22). The lowest BCUT2D eigenvalue weighted by molar-refractivity contribution is -0.126. The van der Waals surface area contributed by atoms with Crippen LogP contribution in [0.25, 0.3) is 0 Å². The molecule has 2 heterocycles. The third-order valence-corrected chi connectivity index (χ3v) is 8.20. The first-order valence-electron chi connectivity index (χ1n) is 8.82. The predicted octanol–water partition coefficient (Wildman–Crippen LogP) is 3.30. The molecule has 1 aromatic heterocycles. The second kappa shape index (κ2) is 7.50. The lowest BCUT2D eigenvalue weighted by Gasteiger charge is -2.34. The van der Waals surface area contributed by atoms with Crippen molar-refractivity contribution in [2.45, 2.75) is 43.4 Å². The summed E-state index contributed by atoms with van der Waals surface area (Å²) in [7, 11) is -3.72. The van der Waals surface area contributed by atoms with Crippen LogP contribution < -0.4 is 5.32 Å². The van der Waals surface area contributed by atoms with Crippen LogP contribution in [0, 0.1) is 0 Å². The minimum Gasteiger partial charge on any atom is -0.353 e. The minimum absolute atomic E-state index is 0.268. The van der Waals surface area contributed by atoms with Crippen LogP contribution in [0.4, 0.5) is 0 Å². The molecule has 7 heteroatoms. The molecule has 1 aliphatic heterocycles. The number of nitrogens with zero attached hydrogens (tertiary/aromatic N) is 1. The van der Waals surface area contributed by atoms with Gasteiger partial charge in [-0.25, -0.2) is 8.42 Å². The normalized spacial score (nSPS) is 18.9. The van der Waals surface area contributed by atoms with Crippen molar-refractivity contribution in [1.82, 2.24) is 9.62 Å². The summed E-state index contributed by atoms with van der Waals surface area (Å²) in [6.07, 6.45) is 0.792. The van der Waals surface area contributed by atoms with Gasteiger partial charge in [0.05, 0.1) is 0 Å². The molecule has 0 radical (unpaired) electrons. The number of sulfonamides is 1. The minimum atomic E-state index is -3.72. The topological polar surface area (TPSA) is 66.5 Å². The SMILES string of the molecule is CCc1ccc(S(=O)(=O)N2CCNC(=O)C2c2ccc(C(C)C)cc2)s1. The fraction of sp³-hybridized carbons (Fsp3) is 0.421. The Morgan fingerprint density at radius 1 is 1.19 bits per heavy atom. The van der Waals surface area contributed by atoms with E-state index in [9.17, 15) is 13.2 Å². The van der Waals surface area contributed by atoms with Crippen molar-refractivity contribution >= 4 is 27.3 Å². The van der Waals surface area contributed by atoms with Gasteiger partial charge < -0.3 is 5.32 Å². The molecule has 1 fully saturated rings. The molecular formula is C19H24N2O3S2. The van der Waals surface area contributed by atoms with Crippen molar-refractivity contribution in [3.8, 4) is 0 Å². The first kappa shape index (κ1) is 19.1. The summed E-state index contributed by atoms with van der Waals surface area (Å²) in [4.78, 5) is 13.6. The Hall–Kier alpha value is -1.70. The van der Waals surface area contributed by atoms with E-state index in [1.807, 2.05) is 37.3 Å². The van der Waals surface area contributed by atoms with Gasteiger partial charge in [-0.1, -0.05) is 45.0 Å². The molecular weight excluding hydrogens is 368 g/mol. The van der Waals surface area contributed by atoms with Crippen LogP contribution in [0.1, 0.15) is 48.7 Å². The molecule has 0 spiro atoms. The quantitative estimate of drug-likeness (QED) is 0.849. The van der Waals surface area contributed by atoms with Crippen LogP contribution in [0.5, 0.6) is 0 Å². The second-order valence-corrected chi connectivity index (χ2v) is 9.99. The van der Waals surface area contributed by atoms with E-state index >= 15 is 0 Å². The van der Waals surface area contributed by atoms with Gasteiger partial charge in [0.1, 0.15) is 10.3 Å². The molecule has 5 nitrogen and oxygen atoms in total. The number of piperazine rings is 1. The van der Waals surface area contributed by atoms with E-state index in [0.717, 1.165) is 16.9 Å². The lowest BCUT2D eigenvalue weighted by atomic mass is 9.98. The fourth-order valence-corrected chi connectivity index (χ4v) is 6.09. The zero-order valence-electron chi connectivity index (χ0n) is 15.2. The van der Waals surface area contributed by atoms with E-state index in [0.29, 0.717) is 22.2 Å². The molecule has 1 aliphatic rings. The van der Waals surface area contributed by atoms with Gasteiger partial charge in [0, 0.05) is 18.0 Å². The highest BCUT2D eigenvalue weighted by Crippen LogP contribution is 2.33. The Morgan fingerprint density at radius 3 is 2.46 bits per heavy atom. The second-order valence-electron chi connectivity index (χ2n) is 6.70. The van der Waals surface area contributed by atoms with Gasteiger partial charge in [0.2, 0.25) is 5.91 Å². The highest BCUT2D eigenvalue weighted by atomic mass is 32.2. The van der Waals surface area contributed by atoms with Gasteiger partial charge >= 0.3 is 0 Å². The summed E-state index contributed by atoms with van der Waals surface area (Å²) in [6.45, 7) is 6.78. The molecule has 1 N–H and O–H groups in total. The molecule has 1 unspecified atom stereocenters. The Labute approximate surface area is 159 Å². The van der Waals surface area contributed by atoms with Crippen LogP contribution in [0.2, 0.25) is 0 Å². The number of nitrogens with one attached hydrogen (secondary N) is 1. The van der Waals surface area contributed by atoms with Gasteiger partial charge in [-0.3, -0.25) is 4.79 Å². The van der Waals surface area contributed by atoms with E-state index in [-0.39, 0.29) is 12.5 Å². The summed E-state index contributed by atoms with van der Waals surface area (Å²) in [5.74, 6) is 0.104. The third-order valence-electron chi connectivity index (χ3n) is 4.64. The molecule has 0 bridgehead atoms. The number of benzene rings is 1. The van der Waals surface area contributed by atoms with Crippen LogP contribution >= 0.6 is 11.3 Å². The van der Waals surface area contributed by atoms with Gasteiger partial charge in [-0.05, 0) is 35.6 Å². The van der Waals surface area contributed by atoms with Gasteiger partial charge in [-0.15, -0.1) is 11.3 Å². The van der Waals surface area contributed by atoms with E-state index in [1.165, 1.54) is 15.6 Å². The summed E-state index contributed by atoms with van der Waals surface area (Å²) in [5.41, 5.74) is 1.85. The molecule has 1 amide bonds. The number of hydrogen-bond acceptors (Lipinski definition) is 4. The van der Waals surface area contributed by atoms with E-state index < -0.39 is 16.1 Å². The Morgan fingerprint density at radius 2 is 1.88 bits per heavy atom. The van der Waals surface area contributed by atoms with Crippen LogP contribution in [0.3, 0.4) is 0 Å². The van der Waals surface area contributed by atoms with Gasteiger partial charge in [-0.2, -0.15) is 4.31 Å². The van der Waals surface area contributed by atoms with Crippen molar-refractivity contribution in [3.05, 3.63) is 52.4 Å². The molecule has 1 aromatic carbocycles. The molecule has 26 heavy (non-hydrogen) atoms. The fourth-order valence-electron chi connectivity index (χ4n) is 3.09. The Bertz CT molecular complexity index is 886. The van der Waals surface area contributed by atoms with E-state index in [4.69, 9.17) is 0 Å². The number of rotatable bonds is 5. The number of hydrogen-bond donors (Lipinski definition) is 1. The monoisotopic (exact) mass is 392 g/mol. The average Bonchev–Trinajstić information content (AvgIpc) is 3.11. The molecule has 2 aromatic rings. The zero-order valence-corrected chi connectivity index (χ0v) is 16.9. The van der Waals surface area contributed by atoms with Crippen LogP contribution in [-0.4, -0.2) is 31.7 Å². The highest BCUT2D eigenvalue weighted by Gasteiger charge is 2.40. The van der Waals surface area contributed by atoms with Crippen molar-refractivity contribution in [3.63, 3.8) is 0 Å². The average molecular weight is 393 g/mol. The van der Waals surface area contributed by atoms with E-state index in [1.54, 1.807) is 6.07 Å². The molecule has 140 valence electrons. The lowest BCUT2D eigenvalue weighted by Crippen LogP contribution is -2.51. The largest absolute Gasteiger partial charge is 0.353 e. The maximum atomic E-state index is 13.2.